The van der Waals surface area contributed by atoms with Gasteiger partial charge in [-0.1, -0.05) is 31.6 Å². The molecule has 5 heteroatoms. The van der Waals surface area contributed by atoms with Crippen molar-refractivity contribution in [2.75, 3.05) is 0 Å². The summed E-state index contributed by atoms with van der Waals surface area (Å²) in [5.41, 5.74) is 0.654. The first-order valence-corrected chi connectivity index (χ1v) is 7.23. The summed E-state index contributed by atoms with van der Waals surface area (Å²) in [7, 11) is 0. The smallest absolute Gasteiger partial charge is 0.187 e. The first-order chi connectivity index (χ1) is 8.20. The van der Waals surface area contributed by atoms with Crippen LogP contribution < -0.4 is 0 Å². The van der Waals surface area contributed by atoms with Crippen molar-refractivity contribution in [3.05, 3.63) is 10.8 Å². The summed E-state index contributed by atoms with van der Waals surface area (Å²) in [6, 6.07) is 0. The summed E-state index contributed by atoms with van der Waals surface area (Å²) in [4.78, 5) is 0.963. The quantitative estimate of drug-likeness (QED) is 0.820. The SMILES string of the molecule is CC(C)c1nnc2sc(C3CC34CCC4)nn12. The fourth-order valence-corrected chi connectivity index (χ4v) is 4.12. The highest BCUT2D eigenvalue weighted by Crippen LogP contribution is 2.70. The van der Waals surface area contributed by atoms with E-state index >= 15 is 0 Å². The minimum absolute atomic E-state index is 0.386. The van der Waals surface area contributed by atoms with Gasteiger partial charge in [0.25, 0.3) is 0 Å². The molecule has 0 bridgehead atoms. The Balaban J connectivity index is 1.73. The summed E-state index contributed by atoms with van der Waals surface area (Å²) in [5.74, 6) is 2.10. The van der Waals surface area contributed by atoms with Gasteiger partial charge in [-0.05, 0) is 24.7 Å². The summed E-state index contributed by atoms with van der Waals surface area (Å²) in [6.45, 7) is 4.28. The number of fused-ring (bicyclic) bond motifs is 1. The standard InChI is InChI=1S/C12H16N4S/c1-7(2)9-13-14-11-16(9)15-10(17-11)8-6-12(8)4-3-5-12/h7-8H,3-6H2,1-2H3. The highest BCUT2D eigenvalue weighted by atomic mass is 32.1. The van der Waals surface area contributed by atoms with E-state index in [0.717, 1.165) is 16.7 Å². The normalized spacial score (nSPS) is 25.7. The highest BCUT2D eigenvalue weighted by Gasteiger charge is 2.59. The fourth-order valence-electron chi connectivity index (χ4n) is 3.03. The van der Waals surface area contributed by atoms with Crippen molar-refractivity contribution < 1.29 is 0 Å². The van der Waals surface area contributed by atoms with Crippen LogP contribution in [0.1, 0.15) is 62.2 Å². The van der Waals surface area contributed by atoms with E-state index in [0.29, 0.717) is 11.3 Å². The van der Waals surface area contributed by atoms with Gasteiger partial charge >= 0.3 is 0 Å². The van der Waals surface area contributed by atoms with Crippen LogP contribution in [-0.2, 0) is 0 Å². The summed E-state index contributed by atoms with van der Waals surface area (Å²) < 4.78 is 1.95. The van der Waals surface area contributed by atoms with Crippen LogP contribution in [0.5, 0.6) is 0 Å². The van der Waals surface area contributed by atoms with Crippen molar-refractivity contribution >= 4 is 16.3 Å². The molecule has 2 aromatic rings. The van der Waals surface area contributed by atoms with Crippen LogP contribution in [0.25, 0.3) is 4.96 Å². The van der Waals surface area contributed by atoms with Gasteiger partial charge in [0.1, 0.15) is 5.01 Å². The molecule has 0 aliphatic heterocycles. The second-order valence-electron chi connectivity index (χ2n) is 5.82. The summed E-state index contributed by atoms with van der Waals surface area (Å²) >= 11 is 1.74. The van der Waals surface area contributed by atoms with Gasteiger partial charge in [0.15, 0.2) is 5.82 Å². The molecular weight excluding hydrogens is 232 g/mol. The minimum atomic E-state index is 0.386. The molecule has 0 amide bonds. The Morgan fingerprint density at radius 2 is 2.18 bits per heavy atom. The van der Waals surface area contributed by atoms with Crippen LogP contribution in [0.2, 0.25) is 0 Å². The molecule has 0 radical (unpaired) electrons. The first kappa shape index (κ1) is 10.00. The molecule has 90 valence electrons. The van der Waals surface area contributed by atoms with Gasteiger partial charge in [-0.15, -0.1) is 10.2 Å². The Morgan fingerprint density at radius 3 is 2.76 bits per heavy atom. The molecule has 0 aromatic carbocycles. The number of hydrogen-bond donors (Lipinski definition) is 0. The van der Waals surface area contributed by atoms with Crippen LogP contribution in [0.4, 0.5) is 0 Å². The third-order valence-corrected chi connectivity index (χ3v) is 5.40. The number of nitrogens with zero attached hydrogens (tertiary/aromatic N) is 4. The molecule has 4 rings (SSSR count). The zero-order valence-corrected chi connectivity index (χ0v) is 11.0. The second kappa shape index (κ2) is 3.07. The van der Waals surface area contributed by atoms with E-state index in [1.54, 1.807) is 11.3 Å². The number of aromatic nitrogens is 4. The maximum atomic E-state index is 4.74. The Morgan fingerprint density at radius 1 is 1.35 bits per heavy atom. The van der Waals surface area contributed by atoms with Crippen molar-refractivity contribution in [1.82, 2.24) is 19.8 Å². The lowest BCUT2D eigenvalue weighted by Gasteiger charge is -2.25. The monoisotopic (exact) mass is 248 g/mol. The van der Waals surface area contributed by atoms with Crippen LogP contribution in [-0.4, -0.2) is 19.8 Å². The average molecular weight is 248 g/mol. The topological polar surface area (TPSA) is 43.1 Å². The Bertz CT molecular complexity index is 578. The van der Waals surface area contributed by atoms with Gasteiger partial charge in [-0.25, -0.2) is 0 Å². The zero-order chi connectivity index (χ0) is 11.6. The molecular formula is C12H16N4S. The van der Waals surface area contributed by atoms with Gasteiger partial charge in [0.05, 0.1) is 0 Å². The largest absolute Gasteiger partial charge is 0.234 e. The van der Waals surface area contributed by atoms with E-state index in [2.05, 4.69) is 24.0 Å². The fraction of sp³-hybridized carbons (Fsp3) is 0.750. The van der Waals surface area contributed by atoms with E-state index in [1.165, 1.54) is 30.7 Å². The Hall–Kier alpha value is -0.970. The summed E-state index contributed by atoms with van der Waals surface area (Å²) in [6.07, 6.45) is 5.59. The molecule has 17 heavy (non-hydrogen) atoms. The van der Waals surface area contributed by atoms with E-state index in [-0.39, 0.29) is 0 Å². The van der Waals surface area contributed by atoms with E-state index < -0.39 is 0 Å². The van der Waals surface area contributed by atoms with E-state index in [9.17, 15) is 0 Å². The number of rotatable bonds is 2. The lowest BCUT2D eigenvalue weighted by Crippen LogP contribution is -2.14. The molecule has 2 heterocycles. The molecule has 2 aliphatic carbocycles. The van der Waals surface area contributed by atoms with Crippen LogP contribution in [0.3, 0.4) is 0 Å². The van der Waals surface area contributed by atoms with Gasteiger partial charge < -0.3 is 0 Å². The van der Waals surface area contributed by atoms with E-state index in [1.807, 2.05) is 4.52 Å². The van der Waals surface area contributed by atoms with Gasteiger partial charge in [0.2, 0.25) is 4.96 Å². The summed E-state index contributed by atoms with van der Waals surface area (Å²) in [5, 5.41) is 14.5. The van der Waals surface area contributed by atoms with Crippen molar-refractivity contribution in [2.45, 2.75) is 51.4 Å². The van der Waals surface area contributed by atoms with Crippen molar-refractivity contribution in [2.24, 2.45) is 5.41 Å². The Labute approximate surface area is 104 Å². The number of hydrogen-bond acceptors (Lipinski definition) is 4. The van der Waals surface area contributed by atoms with Gasteiger partial charge in [-0.2, -0.15) is 9.61 Å². The van der Waals surface area contributed by atoms with Crippen molar-refractivity contribution in [3.63, 3.8) is 0 Å². The lowest BCUT2D eigenvalue weighted by molar-refractivity contribution is 0.277. The molecule has 2 aromatic heterocycles. The van der Waals surface area contributed by atoms with Crippen LogP contribution in [0.15, 0.2) is 0 Å². The maximum Gasteiger partial charge on any atom is 0.234 e. The molecule has 1 spiro atoms. The molecule has 4 nitrogen and oxygen atoms in total. The molecule has 1 unspecified atom stereocenters. The molecule has 2 fully saturated rings. The van der Waals surface area contributed by atoms with Crippen molar-refractivity contribution in [1.29, 1.82) is 0 Å². The molecule has 1 atom stereocenters. The predicted molar refractivity (Wildman–Crippen MR) is 66.4 cm³/mol. The third kappa shape index (κ3) is 1.26. The van der Waals surface area contributed by atoms with Crippen molar-refractivity contribution in [3.8, 4) is 0 Å². The Kier molecular flexibility index (Phi) is 1.81. The molecule has 0 saturated heterocycles. The van der Waals surface area contributed by atoms with Gasteiger partial charge in [0, 0.05) is 11.8 Å². The average Bonchev–Trinajstić information content (AvgIpc) is 2.68. The maximum absolute atomic E-state index is 4.74. The molecule has 2 aliphatic rings. The zero-order valence-electron chi connectivity index (χ0n) is 10.2. The van der Waals surface area contributed by atoms with Gasteiger partial charge in [-0.3, -0.25) is 0 Å². The minimum Gasteiger partial charge on any atom is -0.187 e. The second-order valence-corrected chi connectivity index (χ2v) is 6.81. The highest BCUT2D eigenvalue weighted by molar-refractivity contribution is 7.16. The first-order valence-electron chi connectivity index (χ1n) is 6.42. The van der Waals surface area contributed by atoms with E-state index in [4.69, 9.17) is 5.10 Å². The third-order valence-electron chi connectivity index (χ3n) is 4.38. The lowest BCUT2D eigenvalue weighted by atomic mass is 9.80. The van der Waals surface area contributed by atoms with Crippen LogP contribution >= 0.6 is 11.3 Å². The molecule has 2 saturated carbocycles. The molecule has 0 N–H and O–H groups in total. The predicted octanol–water partition coefficient (Wildman–Crippen LogP) is 2.97. The van der Waals surface area contributed by atoms with Crippen LogP contribution in [0, 0.1) is 5.41 Å².